The number of ether oxygens (including phenoxy) is 3. The molecule has 0 aliphatic heterocycles. The van der Waals surface area contributed by atoms with Gasteiger partial charge in [-0.3, -0.25) is 14.4 Å². The first-order chi connectivity index (χ1) is 33.0. The average Bonchev–Trinajstić information content (AvgIpc) is 3.33. The fourth-order valence-electron chi connectivity index (χ4n) is 7.89. The van der Waals surface area contributed by atoms with Crippen LogP contribution in [0.4, 0.5) is 0 Å². The van der Waals surface area contributed by atoms with Crippen LogP contribution in [0.15, 0.2) is 72.9 Å². The average molecular weight is 936 g/mol. The summed E-state index contributed by atoms with van der Waals surface area (Å²) in [6, 6.07) is 0. The maximum Gasteiger partial charge on any atom is 0.306 e. The molecule has 6 nitrogen and oxygen atoms in total. The molecule has 0 saturated carbocycles. The van der Waals surface area contributed by atoms with Gasteiger partial charge in [-0.1, -0.05) is 222 Å². The first-order valence-corrected chi connectivity index (χ1v) is 28.4. The van der Waals surface area contributed by atoms with E-state index < -0.39 is 6.10 Å². The molecule has 0 aliphatic rings. The van der Waals surface area contributed by atoms with E-state index in [9.17, 15) is 14.4 Å². The van der Waals surface area contributed by atoms with Gasteiger partial charge in [0.15, 0.2) is 6.10 Å². The van der Waals surface area contributed by atoms with Gasteiger partial charge in [0.05, 0.1) is 0 Å². The smallest absolute Gasteiger partial charge is 0.306 e. The van der Waals surface area contributed by atoms with E-state index in [0.29, 0.717) is 19.3 Å². The number of esters is 3. The minimum atomic E-state index is -0.788. The molecule has 0 N–H and O–H groups in total. The van der Waals surface area contributed by atoms with Crippen molar-refractivity contribution in [2.75, 3.05) is 13.2 Å². The highest BCUT2D eigenvalue weighted by Gasteiger charge is 2.19. The van der Waals surface area contributed by atoms with Gasteiger partial charge in [0.2, 0.25) is 0 Å². The van der Waals surface area contributed by atoms with Gasteiger partial charge >= 0.3 is 17.9 Å². The Bertz CT molecular complexity index is 1260. The molecule has 0 amide bonds. The van der Waals surface area contributed by atoms with E-state index in [1.165, 1.54) is 128 Å². The summed E-state index contributed by atoms with van der Waals surface area (Å²) in [4.78, 5) is 38.1. The van der Waals surface area contributed by atoms with Crippen LogP contribution in [0.1, 0.15) is 278 Å². The zero-order valence-corrected chi connectivity index (χ0v) is 44.2. The largest absolute Gasteiger partial charge is 0.462 e. The number of unbranched alkanes of at least 4 members (excludes halogenated alkanes) is 28. The van der Waals surface area contributed by atoms with Gasteiger partial charge in [-0.25, -0.2) is 0 Å². The Hall–Kier alpha value is -3.15. The molecule has 0 saturated heterocycles. The SMILES string of the molecule is CC/C=C\C/C=C\C/C=C\CCCCCCCC(=O)OCC(COC(=O)CCCCCCCCC/C=C\C/C=C\CCCCC)OC(=O)CCCCCCCCC/C=C\CCCCCCCC. The van der Waals surface area contributed by atoms with E-state index >= 15 is 0 Å². The summed E-state index contributed by atoms with van der Waals surface area (Å²) in [5, 5.41) is 0. The lowest BCUT2D eigenvalue weighted by Crippen LogP contribution is -2.30. The van der Waals surface area contributed by atoms with Gasteiger partial charge in [-0.2, -0.15) is 0 Å². The standard InChI is InChI=1S/C61H106O6/c1-4-7-10-13-16-19-22-25-28-30-33-36-39-42-45-48-51-54-60(63)66-57-58(56-65-59(62)53-50-47-44-41-38-35-32-27-24-21-18-15-12-9-6-3)67-61(64)55-52-49-46-43-40-37-34-31-29-26-23-20-17-14-11-8-5-2/h9,12,16,18-19,21,25-29,32,58H,4-8,10-11,13-15,17,20,22-24,30-31,33-57H2,1-3H3/b12-9-,19-16-,21-18-,28-25-,29-26-,32-27-. The van der Waals surface area contributed by atoms with Crippen molar-refractivity contribution in [2.45, 2.75) is 284 Å². The van der Waals surface area contributed by atoms with Crippen LogP contribution in [-0.2, 0) is 28.6 Å². The Morgan fingerprint density at radius 2 is 0.582 bits per heavy atom. The van der Waals surface area contributed by atoms with Crippen LogP contribution >= 0.6 is 0 Å². The van der Waals surface area contributed by atoms with Gasteiger partial charge in [-0.05, 0) is 109 Å². The fraction of sp³-hybridized carbons (Fsp3) is 0.754. The molecule has 0 aromatic heterocycles. The Morgan fingerprint density at radius 3 is 0.955 bits per heavy atom. The summed E-state index contributed by atoms with van der Waals surface area (Å²) in [5.41, 5.74) is 0. The molecule has 0 aromatic carbocycles. The maximum atomic E-state index is 12.9. The summed E-state index contributed by atoms with van der Waals surface area (Å²) in [6.07, 6.45) is 70.3. The third-order valence-corrected chi connectivity index (χ3v) is 12.2. The molecule has 0 spiro atoms. The zero-order chi connectivity index (χ0) is 48.6. The van der Waals surface area contributed by atoms with Gasteiger partial charge in [0.25, 0.3) is 0 Å². The van der Waals surface area contributed by atoms with Crippen LogP contribution < -0.4 is 0 Å². The molecule has 386 valence electrons. The molecular weight excluding hydrogens is 829 g/mol. The summed E-state index contributed by atoms with van der Waals surface area (Å²) < 4.78 is 16.8. The summed E-state index contributed by atoms with van der Waals surface area (Å²) in [5.74, 6) is -0.908. The fourth-order valence-corrected chi connectivity index (χ4v) is 7.89. The minimum absolute atomic E-state index is 0.0865. The van der Waals surface area contributed by atoms with Crippen molar-refractivity contribution in [2.24, 2.45) is 0 Å². The Morgan fingerprint density at radius 1 is 0.313 bits per heavy atom. The number of rotatable bonds is 51. The van der Waals surface area contributed by atoms with Gasteiger partial charge in [-0.15, -0.1) is 0 Å². The first-order valence-electron chi connectivity index (χ1n) is 28.4. The quantitative estimate of drug-likeness (QED) is 0.0262. The van der Waals surface area contributed by atoms with E-state index in [2.05, 4.69) is 93.7 Å². The minimum Gasteiger partial charge on any atom is -0.462 e. The number of hydrogen-bond donors (Lipinski definition) is 0. The first kappa shape index (κ1) is 63.8. The van der Waals surface area contributed by atoms with Crippen LogP contribution in [0.3, 0.4) is 0 Å². The van der Waals surface area contributed by atoms with Crippen LogP contribution in [0.25, 0.3) is 0 Å². The third-order valence-electron chi connectivity index (χ3n) is 12.2. The predicted molar refractivity (Wildman–Crippen MR) is 288 cm³/mol. The molecule has 0 fully saturated rings. The monoisotopic (exact) mass is 935 g/mol. The lowest BCUT2D eigenvalue weighted by Gasteiger charge is -2.18. The second-order valence-corrected chi connectivity index (χ2v) is 18.8. The van der Waals surface area contributed by atoms with E-state index in [-0.39, 0.29) is 31.1 Å². The van der Waals surface area contributed by atoms with Gasteiger partial charge < -0.3 is 14.2 Å². The van der Waals surface area contributed by atoms with E-state index in [1.807, 2.05) is 0 Å². The van der Waals surface area contributed by atoms with Crippen molar-refractivity contribution in [1.29, 1.82) is 0 Å². The Labute approximate surface area is 414 Å². The number of carbonyl (C=O) groups excluding carboxylic acids is 3. The molecule has 0 rings (SSSR count). The molecule has 1 unspecified atom stereocenters. The van der Waals surface area contributed by atoms with E-state index in [1.54, 1.807) is 0 Å². The van der Waals surface area contributed by atoms with Gasteiger partial charge in [0.1, 0.15) is 13.2 Å². The lowest BCUT2D eigenvalue weighted by molar-refractivity contribution is -0.167. The van der Waals surface area contributed by atoms with E-state index in [0.717, 1.165) is 109 Å². The van der Waals surface area contributed by atoms with Gasteiger partial charge in [0, 0.05) is 19.3 Å². The topological polar surface area (TPSA) is 78.9 Å². The Balaban J connectivity index is 4.42. The van der Waals surface area contributed by atoms with Crippen LogP contribution in [-0.4, -0.2) is 37.2 Å². The van der Waals surface area contributed by atoms with Crippen LogP contribution in [0.5, 0.6) is 0 Å². The lowest BCUT2D eigenvalue weighted by atomic mass is 10.1. The van der Waals surface area contributed by atoms with Crippen molar-refractivity contribution >= 4 is 17.9 Å². The highest BCUT2D eigenvalue weighted by Crippen LogP contribution is 2.15. The molecule has 0 radical (unpaired) electrons. The molecule has 67 heavy (non-hydrogen) atoms. The maximum absolute atomic E-state index is 12.9. The highest BCUT2D eigenvalue weighted by atomic mass is 16.6. The summed E-state index contributed by atoms with van der Waals surface area (Å²) in [6.45, 7) is 6.49. The van der Waals surface area contributed by atoms with E-state index in [4.69, 9.17) is 14.2 Å². The van der Waals surface area contributed by atoms with Crippen molar-refractivity contribution in [3.63, 3.8) is 0 Å². The molecule has 0 aliphatic carbocycles. The third kappa shape index (κ3) is 53.7. The molecule has 0 heterocycles. The molecule has 0 bridgehead atoms. The second-order valence-electron chi connectivity index (χ2n) is 18.8. The normalized spacial score (nSPS) is 12.6. The van der Waals surface area contributed by atoms with Crippen molar-refractivity contribution in [3.05, 3.63) is 72.9 Å². The molecular formula is C61H106O6. The van der Waals surface area contributed by atoms with Crippen LogP contribution in [0.2, 0.25) is 0 Å². The second kappa shape index (κ2) is 55.4. The zero-order valence-electron chi connectivity index (χ0n) is 44.2. The van der Waals surface area contributed by atoms with Crippen LogP contribution in [0, 0.1) is 0 Å². The molecule has 6 heteroatoms. The highest BCUT2D eigenvalue weighted by molar-refractivity contribution is 5.71. The Kier molecular flexibility index (Phi) is 52.8. The number of allylic oxidation sites excluding steroid dienone is 12. The number of hydrogen-bond acceptors (Lipinski definition) is 6. The van der Waals surface area contributed by atoms with Crippen molar-refractivity contribution < 1.29 is 28.6 Å². The summed E-state index contributed by atoms with van der Waals surface area (Å²) in [7, 11) is 0. The van der Waals surface area contributed by atoms with Crippen molar-refractivity contribution in [3.8, 4) is 0 Å². The molecule has 1 atom stereocenters. The predicted octanol–water partition coefficient (Wildman–Crippen LogP) is 19.0. The van der Waals surface area contributed by atoms with Crippen molar-refractivity contribution in [1.82, 2.24) is 0 Å². The summed E-state index contributed by atoms with van der Waals surface area (Å²) >= 11 is 0. The molecule has 0 aromatic rings. The number of carbonyl (C=O) groups is 3.